The summed E-state index contributed by atoms with van der Waals surface area (Å²) in [5.41, 5.74) is 0. The maximum Gasteiger partial charge on any atom is 0.307 e. The normalized spacial score (nSPS) is 39.7. The Balaban J connectivity index is 2.22. The molecule has 5 nitrogen and oxygen atoms in total. The van der Waals surface area contributed by atoms with Crippen LogP contribution in [-0.4, -0.2) is 28.4 Å². The lowest BCUT2D eigenvalue weighted by molar-refractivity contribution is -0.155. The molecule has 0 saturated heterocycles. The third-order valence-electron chi connectivity index (χ3n) is 4.68. The zero-order chi connectivity index (χ0) is 13.3. The summed E-state index contributed by atoms with van der Waals surface area (Å²) >= 11 is 0. The fraction of sp³-hybridized carbons (Fsp3) is 0.769. The lowest BCUT2D eigenvalue weighted by Crippen LogP contribution is -2.45. The van der Waals surface area contributed by atoms with E-state index in [1.807, 2.05) is 0 Å². The Labute approximate surface area is 105 Å². The molecule has 0 aromatic heterocycles. The minimum Gasteiger partial charge on any atom is -0.481 e. The van der Waals surface area contributed by atoms with Crippen molar-refractivity contribution in [2.24, 2.45) is 29.6 Å². The zero-order valence-corrected chi connectivity index (χ0v) is 10.1. The fourth-order valence-corrected chi connectivity index (χ4v) is 3.85. The predicted molar refractivity (Wildman–Crippen MR) is 61.9 cm³/mol. The Bertz CT molecular complexity index is 364. The molecule has 0 aromatic rings. The van der Waals surface area contributed by atoms with Crippen LogP contribution in [-0.2, 0) is 14.4 Å². The third-order valence-corrected chi connectivity index (χ3v) is 4.68. The van der Waals surface area contributed by atoms with Gasteiger partial charge in [-0.2, -0.15) is 0 Å². The highest BCUT2D eigenvalue weighted by Crippen LogP contribution is 2.48. The average molecular weight is 254 g/mol. The van der Waals surface area contributed by atoms with Gasteiger partial charge in [-0.1, -0.05) is 6.42 Å². The van der Waals surface area contributed by atoms with Gasteiger partial charge in [0.1, 0.15) is 6.29 Å². The van der Waals surface area contributed by atoms with E-state index in [0.717, 1.165) is 19.1 Å². The molecular formula is C13H18O5. The predicted octanol–water partition coefficient (Wildman–Crippen LogP) is 1.41. The van der Waals surface area contributed by atoms with Crippen molar-refractivity contribution < 1.29 is 24.6 Å². The number of carboxylic acid groups (broad SMARTS) is 2. The number of carbonyl (C=O) groups is 3. The lowest BCUT2D eigenvalue weighted by atomic mass is 9.58. The molecule has 100 valence electrons. The number of hydrogen-bond donors (Lipinski definition) is 2. The topological polar surface area (TPSA) is 91.7 Å². The van der Waals surface area contributed by atoms with Crippen molar-refractivity contribution in [1.29, 1.82) is 0 Å². The quantitative estimate of drug-likeness (QED) is 0.743. The number of carboxylic acids is 2. The summed E-state index contributed by atoms with van der Waals surface area (Å²) in [6.07, 6.45) is 3.97. The maximum atomic E-state index is 11.2. The molecule has 0 spiro atoms. The number of fused-ring (bicyclic) bond motifs is 1. The monoisotopic (exact) mass is 254 g/mol. The first kappa shape index (κ1) is 13.1. The van der Waals surface area contributed by atoms with E-state index in [9.17, 15) is 19.5 Å². The smallest absolute Gasteiger partial charge is 0.307 e. The molecule has 0 bridgehead atoms. The molecule has 0 radical (unpaired) electrons. The van der Waals surface area contributed by atoms with E-state index < -0.39 is 29.7 Å². The molecule has 2 aliphatic carbocycles. The molecule has 5 heteroatoms. The highest BCUT2D eigenvalue weighted by Gasteiger charge is 2.48. The zero-order valence-electron chi connectivity index (χ0n) is 10.1. The molecule has 2 saturated carbocycles. The van der Waals surface area contributed by atoms with Gasteiger partial charge in [0.2, 0.25) is 0 Å². The Hall–Kier alpha value is -1.39. The van der Waals surface area contributed by atoms with Crippen LogP contribution < -0.4 is 0 Å². The number of hydrogen-bond acceptors (Lipinski definition) is 3. The van der Waals surface area contributed by atoms with Crippen LogP contribution in [0.5, 0.6) is 0 Å². The Morgan fingerprint density at radius 3 is 2.11 bits per heavy atom. The van der Waals surface area contributed by atoms with Gasteiger partial charge in [0.15, 0.2) is 0 Å². The molecule has 2 aliphatic rings. The van der Waals surface area contributed by atoms with Gasteiger partial charge in [0, 0.05) is 5.92 Å². The summed E-state index contributed by atoms with van der Waals surface area (Å²) < 4.78 is 0. The lowest BCUT2D eigenvalue weighted by Gasteiger charge is -2.44. The van der Waals surface area contributed by atoms with Crippen molar-refractivity contribution in [3.05, 3.63) is 0 Å². The van der Waals surface area contributed by atoms with E-state index in [-0.39, 0.29) is 11.8 Å². The average Bonchev–Trinajstić information content (AvgIpc) is 2.35. The maximum absolute atomic E-state index is 11.2. The molecule has 2 rings (SSSR count). The molecule has 0 heterocycles. The van der Waals surface area contributed by atoms with Gasteiger partial charge in [-0.3, -0.25) is 9.59 Å². The number of carbonyl (C=O) groups excluding carboxylic acids is 1. The summed E-state index contributed by atoms with van der Waals surface area (Å²) in [6, 6.07) is 0. The number of rotatable bonds is 3. The van der Waals surface area contributed by atoms with E-state index in [1.165, 1.54) is 0 Å². The highest BCUT2D eigenvalue weighted by molar-refractivity contribution is 5.76. The van der Waals surface area contributed by atoms with Crippen LogP contribution in [0.25, 0.3) is 0 Å². The molecule has 0 amide bonds. The van der Waals surface area contributed by atoms with E-state index in [1.54, 1.807) is 0 Å². The van der Waals surface area contributed by atoms with Gasteiger partial charge in [0.05, 0.1) is 11.8 Å². The van der Waals surface area contributed by atoms with Gasteiger partial charge < -0.3 is 15.0 Å². The summed E-state index contributed by atoms with van der Waals surface area (Å²) in [6.45, 7) is 0. The first-order valence-electron chi connectivity index (χ1n) is 6.47. The van der Waals surface area contributed by atoms with Gasteiger partial charge in [-0.25, -0.2) is 0 Å². The second-order valence-electron chi connectivity index (χ2n) is 5.44. The molecular weight excluding hydrogens is 236 g/mol. The van der Waals surface area contributed by atoms with Crippen LogP contribution in [0.1, 0.15) is 32.1 Å². The van der Waals surface area contributed by atoms with Crippen molar-refractivity contribution >= 4 is 18.2 Å². The van der Waals surface area contributed by atoms with Crippen molar-refractivity contribution in [2.45, 2.75) is 32.1 Å². The largest absolute Gasteiger partial charge is 0.481 e. The molecule has 5 unspecified atom stereocenters. The third kappa shape index (κ3) is 2.13. The van der Waals surface area contributed by atoms with Gasteiger partial charge in [-0.15, -0.1) is 0 Å². The molecule has 2 N–H and O–H groups in total. The van der Waals surface area contributed by atoms with E-state index in [2.05, 4.69) is 0 Å². The first-order valence-corrected chi connectivity index (χ1v) is 6.47. The van der Waals surface area contributed by atoms with Crippen molar-refractivity contribution in [3.63, 3.8) is 0 Å². The molecule has 18 heavy (non-hydrogen) atoms. The van der Waals surface area contributed by atoms with Crippen LogP contribution in [0.4, 0.5) is 0 Å². The van der Waals surface area contributed by atoms with Crippen molar-refractivity contribution in [3.8, 4) is 0 Å². The second kappa shape index (κ2) is 5.08. The number of aldehydes is 1. The molecule has 0 aromatic carbocycles. The van der Waals surface area contributed by atoms with Crippen LogP contribution in [0.2, 0.25) is 0 Å². The van der Waals surface area contributed by atoms with Crippen LogP contribution in [0, 0.1) is 29.6 Å². The minimum atomic E-state index is -0.928. The Morgan fingerprint density at radius 2 is 1.56 bits per heavy atom. The van der Waals surface area contributed by atoms with E-state index >= 15 is 0 Å². The van der Waals surface area contributed by atoms with Crippen LogP contribution in [0.3, 0.4) is 0 Å². The molecule has 2 fully saturated rings. The van der Waals surface area contributed by atoms with Crippen LogP contribution >= 0.6 is 0 Å². The van der Waals surface area contributed by atoms with Gasteiger partial charge >= 0.3 is 11.9 Å². The van der Waals surface area contributed by atoms with E-state index in [0.29, 0.717) is 19.3 Å². The van der Waals surface area contributed by atoms with Gasteiger partial charge in [-0.05, 0) is 37.5 Å². The minimum absolute atomic E-state index is 0.0259. The molecule has 5 atom stereocenters. The Kier molecular flexibility index (Phi) is 3.68. The summed E-state index contributed by atoms with van der Waals surface area (Å²) in [5.74, 6) is -3.36. The van der Waals surface area contributed by atoms with Crippen LogP contribution in [0.15, 0.2) is 0 Å². The van der Waals surface area contributed by atoms with Crippen molar-refractivity contribution in [1.82, 2.24) is 0 Å². The SMILES string of the molecule is O=CC1C(C(=O)O)CCC2C(C(=O)O)CCCC12. The first-order chi connectivity index (χ1) is 8.56. The highest BCUT2D eigenvalue weighted by atomic mass is 16.4. The van der Waals surface area contributed by atoms with Crippen molar-refractivity contribution in [2.75, 3.05) is 0 Å². The van der Waals surface area contributed by atoms with Gasteiger partial charge in [0.25, 0.3) is 0 Å². The standard InChI is InChI=1S/C13H18O5/c14-6-11-7-2-1-3-9(12(15)16)8(7)4-5-10(11)13(17)18/h6-11H,1-5H2,(H,15,16)(H,17,18). The summed E-state index contributed by atoms with van der Waals surface area (Å²) in [5, 5.41) is 18.3. The Morgan fingerprint density at radius 1 is 0.889 bits per heavy atom. The fourth-order valence-electron chi connectivity index (χ4n) is 3.85. The second-order valence-corrected chi connectivity index (χ2v) is 5.44. The summed E-state index contributed by atoms with van der Waals surface area (Å²) in [7, 11) is 0. The van der Waals surface area contributed by atoms with E-state index in [4.69, 9.17) is 5.11 Å². The molecule has 0 aliphatic heterocycles. The summed E-state index contributed by atoms with van der Waals surface area (Å²) in [4.78, 5) is 33.5. The number of aliphatic carboxylic acids is 2.